The Morgan fingerprint density at radius 2 is 1.64 bits per heavy atom. The zero-order valence-corrected chi connectivity index (χ0v) is 19.6. The van der Waals surface area contributed by atoms with E-state index in [1.54, 1.807) is 36.4 Å². The fraction of sp³-hybridized carbons (Fsp3) is 0.0870. The third-order valence-electron chi connectivity index (χ3n) is 4.68. The maximum Gasteiger partial charge on any atom is 0.244 e. The normalized spacial score (nSPS) is 12.3. The van der Waals surface area contributed by atoms with E-state index in [1.165, 1.54) is 23.5 Å². The van der Waals surface area contributed by atoms with Gasteiger partial charge in [0.1, 0.15) is 11.0 Å². The summed E-state index contributed by atoms with van der Waals surface area (Å²) < 4.78 is 28.3. The van der Waals surface area contributed by atoms with Crippen LogP contribution in [0.3, 0.4) is 0 Å². The first-order valence-corrected chi connectivity index (χ1v) is 12.6. The van der Waals surface area contributed by atoms with Crippen LogP contribution in [0.25, 0.3) is 10.6 Å². The average molecular weight is 499 g/mol. The van der Waals surface area contributed by atoms with Crippen molar-refractivity contribution in [2.45, 2.75) is 17.4 Å². The number of nitrogens with zero attached hydrogens (tertiary/aromatic N) is 2. The summed E-state index contributed by atoms with van der Waals surface area (Å²) in [5, 5.41) is 12.2. The Kier molecular flexibility index (Phi) is 7.14. The highest BCUT2D eigenvalue weighted by molar-refractivity contribution is 7.89. The van der Waals surface area contributed by atoms with Gasteiger partial charge in [0, 0.05) is 10.6 Å². The zero-order chi connectivity index (χ0) is 23.3. The van der Waals surface area contributed by atoms with Gasteiger partial charge in [-0.15, -0.1) is 10.2 Å². The summed E-state index contributed by atoms with van der Waals surface area (Å²) >= 11 is 7.21. The molecule has 0 spiro atoms. The molecule has 2 N–H and O–H groups in total. The molecule has 33 heavy (non-hydrogen) atoms. The van der Waals surface area contributed by atoms with Gasteiger partial charge in [-0.05, 0) is 36.2 Å². The first-order valence-electron chi connectivity index (χ1n) is 9.92. The molecule has 0 fully saturated rings. The molecule has 0 aliphatic carbocycles. The van der Waals surface area contributed by atoms with Gasteiger partial charge in [0.25, 0.3) is 0 Å². The van der Waals surface area contributed by atoms with Crippen molar-refractivity contribution in [1.82, 2.24) is 14.9 Å². The predicted molar refractivity (Wildman–Crippen MR) is 130 cm³/mol. The molecule has 168 valence electrons. The number of halogens is 1. The number of carbonyl (C=O) groups excluding carboxylic acids is 1. The number of benzene rings is 3. The van der Waals surface area contributed by atoms with Crippen molar-refractivity contribution in [1.29, 1.82) is 0 Å². The lowest BCUT2D eigenvalue weighted by molar-refractivity contribution is -0.117. The van der Waals surface area contributed by atoms with E-state index in [1.807, 2.05) is 36.4 Å². The van der Waals surface area contributed by atoms with Gasteiger partial charge in [0.05, 0.1) is 4.90 Å². The fourth-order valence-electron chi connectivity index (χ4n) is 3.10. The zero-order valence-electron chi connectivity index (χ0n) is 17.2. The molecule has 1 aromatic heterocycles. The number of hydrogen-bond acceptors (Lipinski definition) is 6. The number of nitrogens with one attached hydrogen (secondary N) is 2. The van der Waals surface area contributed by atoms with Crippen molar-refractivity contribution >= 4 is 44.0 Å². The molecule has 1 atom stereocenters. The van der Waals surface area contributed by atoms with Crippen LogP contribution < -0.4 is 10.0 Å². The first kappa shape index (κ1) is 23.1. The Hall–Kier alpha value is -3.11. The molecule has 4 rings (SSSR count). The van der Waals surface area contributed by atoms with E-state index < -0.39 is 22.0 Å². The molecule has 1 amide bonds. The SMILES string of the molecule is O=C(Nc1nnc(-c2cccc(Cl)c2)s1)C(Cc1ccccc1)NS(=O)(=O)c1ccccc1. The smallest absolute Gasteiger partial charge is 0.244 e. The molecule has 4 aromatic rings. The van der Waals surface area contributed by atoms with Crippen LogP contribution in [0.1, 0.15) is 5.56 Å². The minimum Gasteiger partial charge on any atom is -0.299 e. The van der Waals surface area contributed by atoms with Crippen molar-refractivity contribution in [2.24, 2.45) is 0 Å². The molecule has 7 nitrogen and oxygen atoms in total. The summed E-state index contributed by atoms with van der Waals surface area (Å²) in [5.74, 6) is -0.535. The molecule has 1 unspecified atom stereocenters. The largest absolute Gasteiger partial charge is 0.299 e. The number of carbonyl (C=O) groups is 1. The summed E-state index contributed by atoms with van der Waals surface area (Å²) in [7, 11) is -3.92. The van der Waals surface area contributed by atoms with Crippen molar-refractivity contribution in [2.75, 3.05) is 5.32 Å². The molecular formula is C23H19ClN4O3S2. The molecule has 0 aliphatic rings. The number of aromatic nitrogens is 2. The summed E-state index contributed by atoms with van der Waals surface area (Å²) in [6.07, 6.45) is 0.165. The maximum absolute atomic E-state index is 13.1. The highest BCUT2D eigenvalue weighted by atomic mass is 35.5. The molecule has 0 radical (unpaired) electrons. The highest BCUT2D eigenvalue weighted by Crippen LogP contribution is 2.28. The Bertz CT molecular complexity index is 1350. The third-order valence-corrected chi connectivity index (χ3v) is 7.29. The maximum atomic E-state index is 13.1. The van der Waals surface area contributed by atoms with Gasteiger partial charge in [0.2, 0.25) is 21.1 Å². The monoisotopic (exact) mass is 498 g/mol. The van der Waals surface area contributed by atoms with E-state index in [-0.39, 0.29) is 16.4 Å². The van der Waals surface area contributed by atoms with E-state index in [0.29, 0.717) is 10.0 Å². The van der Waals surface area contributed by atoms with Crippen LogP contribution in [-0.2, 0) is 21.2 Å². The molecule has 0 aliphatic heterocycles. The van der Waals surface area contributed by atoms with Gasteiger partial charge in [-0.3, -0.25) is 10.1 Å². The summed E-state index contributed by atoms with van der Waals surface area (Å²) in [4.78, 5) is 13.2. The second kappa shape index (κ2) is 10.2. The number of anilines is 1. The number of sulfonamides is 1. The Labute approximate surface area is 200 Å². The van der Waals surface area contributed by atoms with E-state index in [2.05, 4.69) is 20.2 Å². The van der Waals surface area contributed by atoms with Crippen molar-refractivity contribution in [3.63, 3.8) is 0 Å². The Balaban J connectivity index is 1.56. The number of amides is 1. The van der Waals surface area contributed by atoms with Gasteiger partial charge in [-0.2, -0.15) is 4.72 Å². The van der Waals surface area contributed by atoms with Gasteiger partial charge < -0.3 is 0 Å². The summed E-state index contributed by atoms with van der Waals surface area (Å²) in [5.41, 5.74) is 1.58. The predicted octanol–water partition coefficient (Wildman–Crippen LogP) is 4.39. The van der Waals surface area contributed by atoms with Gasteiger partial charge in [-0.25, -0.2) is 8.42 Å². The average Bonchev–Trinajstić information content (AvgIpc) is 3.28. The number of rotatable bonds is 8. The minimum atomic E-state index is -3.92. The third kappa shape index (κ3) is 6.02. The van der Waals surface area contributed by atoms with Crippen LogP contribution >= 0.6 is 22.9 Å². The van der Waals surface area contributed by atoms with E-state index >= 15 is 0 Å². The lowest BCUT2D eigenvalue weighted by atomic mass is 10.1. The molecular weight excluding hydrogens is 480 g/mol. The fourth-order valence-corrected chi connectivity index (χ4v) is 5.25. The van der Waals surface area contributed by atoms with E-state index in [4.69, 9.17) is 11.6 Å². The highest BCUT2D eigenvalue weighted by Gasteiger charge is 2.27. The summed E-state index contributed by atoms with van der Waals surface area (Å²) in [6.45, 7) is 0. The van der Waals surface area contributed by atoms with Crippen LogP contribution in [0, 0.1) is 0 Å². The second-order valence-corrected chi connectivity index (χ2v) is 10.2. The Morgan fingerprint density at radius 3 is 2.33 bits per heavy atom. The molecule has 1 heterocycles. The quantitative estimate of drug-likeness (QED) is 0.375. The van der Waals surface area contributed by atoms with Gasteiger partial charge in [-0.1, -0.05) is 83.6 Å². The Morgan fingerprint density at radius 1 is 0.939 bits per heavy atom. The van der Waals surface area contributed by atoms with Gasteiger partial charge in [0.15, 0.2) is 0 Å². The minimum absolute atomic E-state index is 0.0787. The van der Waals surface area contributed by atoms with Gasteiger partial charge >= 0.3 is 0 Å². The van der Waals surface area contributed by atoms with E-state index in [0.717, 1.165) is 11.1 Å². The standard InChI is InChI=1S/C23H19ClN4O3S2/c24-18-11-7-10-17(15-18)22-26-27-23(32-22)25-21(29)20(14-16-8-3-1-4-9-16)28-33(30,31)19-12-5-2-6-13-19/h1-13,15,20,28H,14H2,(H,25,27,29). The van der Waals surface area contributed by atoms with Crippen LogP contribution in [-0.4, -0.2) is 30.6 Å². The molecule has 0 saturated carbocycles. The van der Waals surface area contributed by atoms with Crippen molar-refractivity contribution in [3.8, 4) is 10.6 Å². The number of hydrogen-bond donors (Lipinski definition) is 2. The molecule has 3 aromatic carbocycles. The van der Waals surface area contributed by atoms with Crippen molar-refractivity contribution < 1.29 is 13.2 Å². The topological polar surface area (TPSA) is 101 Å². The van der Waals surface area contributed by atoms with Crippen LogP contribution in [0.4, 0.5) is 5.13 Å². The summed E-state index contributed by atoms with van der Waals surface area (Å²) in [6, 6.07) is 23.2. The lowest BCUT2D eigenvalue weighted by Crippen LogP contribution is -2.45. The molecule has 0 saturated heterocycles. The molecule has 10 heteroatoms. The van der Waals surface area contributed by atoms with E-state index in [9.17, 15) is 13.2 Å². The van der Waals surface area contributed by atoms with Crippen LogP contribution in [0.2, 0.25) is 5.02 Å². The second-order valence-electron chi connectivity index (χ2n) is 7.09. The first-order chi connectivity index (χ1) is 15.9. The lowest BCUT2D eigenvalue weighted by Gasteiger charge is -2.18. The molecule has 0 bridgehead atoms. The van der Waals surface area contributed by atoms with Crippen molar-refractivity contribution in [3.05, 3.63) is 95.5 Å². The van der Waals surface area contributed by atoms with Crippen LogP contribution in [0.15, 0.2) is 89.8 Å². The van der Waals surface area contributed by atoms with Crippen LogP contribution in [0.5, 0.6) is 0 Å².